The molecule has 6 bridgehead atoms. The smallest absolute Gasteiger partial charge is 0.406 e. The van der Waals surface area contributed by atoms with Crippen LogP contribution in [-0.4, -0.2) is 120 Å². The molecule has 3 atom stereocenters. The first-order chi connectivity index (χ1) is 27.1. The fraction of sp³-hybridized carbons (Fsp3) is 0.605. The zero-order valence-electron chi connectivity index (χ0n) is 33.7. The fourth-order valence-electron chi connectivity index (χ4n) is 9.27. The number of cyclic esters (lactones) is 1. The Balaban J connectivity index is 1.28. The number of pyridine rings is 1. The number of hydrogen-bond donors (Lipinski definition) is 2. The second-order valence-electron chi connectivity index (χ2n) is 17.9. The van der Waals surface area contributed by atoms with Gasteiger partial charge in [-0.3, -0.25) is 29.4 Å². The molecule has 2 aromatic heterocycles. The van der Waals surface area contributed by atoms with Crippen LogP contribution in [0.15, 0.2) is 36.5 Å². The van der Waals surface area contributed by atoms with Crippen molar-refractivity contribution in [3.8, 4) is 11.3 Å². The van der Waals surface area contributed by atoms with Crippen LogP contribution in [0.3, 0.4) is 0 Å². The Kier molecular flexibility index (Phi) is 10.9. The van der Waals surface area contributed by atoms with Gasteiger partial charge in [-0.05, 0) is 79.3 Å². The minimum absolute atomic E-state index is 0.0310. The molecule has 2 saturated heterocycles. The molecule has 1 unspecified atom stereocenters. The highest BCUT2D eigenvalue weighted by Gasteiger charge is 2.37. The fourth-order valence-corrected chi connectivity index (χ4v) is 9.27. The molecule has 1 aromatic carbocycles. The lowest BCUT2D eigenvalue weighted by Crippen LogP contribution is -2.60. The summed E-state index contributed by atoms with van der Waals surface area (Å²) in [5, 5.41) is 2.20. The largest absolute Gasteiger partial charge is 0.464 e. The molecule has 57 heavy (non-hydrogen) atoms. The second kappa shape index (κ2) is 15.6. The van der Waals surface area contributed by atoms with Crippen LogP contribution in [0.5, 0.6) is 0 Å². The summed E-state index contributed by atoms with van der Waals surface area (Å²) in [6.07, 6.45) is 4.28. The van der Waals surface area contributed by atoms with Crippen LogP contribution in [0.25, 0.3) is 27.7 Å². The van der Waals surface area contributed by atoms with Gasteiger partial charge in [0.2, 0.25) is 0 Å². The standard InChI is InChI=1S/C43H57F3N8O3/c1-27(2)38-33(20-31(22-48-38)52-17-15-51(16-18-52)30-10-11-30)39-34-21-42(3,4)26-57-41(56)36-8-6-14-54(49-36)40(55)35(47)24-50-13-5-7-29(23-50)28-9-12-37(32(34)19-28)53(39)25-43(44,45)46/h7,9,12,19-20,22,27,30,35-36,49H,5-6,8,10-11,13-18,21,23-26,47H2,1-4H3/t35-,36-/m0/s1. The number of nitrogens with one attached hydrogen (secondary N) is 1. The molecule has 3 fully saturated rings. The number of nitrogens with two attached hydrogens (primary N) is 1. The molecular formula is C43H57F3N8O3. The summed E-state index contributed by atoms with van der Waals surface area (Å²) in [6, 6.07) is 7.01. The van der Waals surface area contributed by atoms with Crippen LogP contribution in [0.1, 0.15) is 82.5 Å². The van der Waals surface area contributed by atoms with Crippen LogP contribution in [0, 0.1) is 5.41 Å². The van der Waals surface area contributed by atoms with Gasteiger partial charge in [0.1, 0.15) is 12.6 Å². The lowest BCUT2D eigenvalue weighted by atomic mass is 9.83. The van der Waals surface area contributed by atoms with Crippen LogP contribution in [0.2, 0.25) is 0 Å². The van der Waals surface area contributed by atoms with Crippen molar-refractivity contribution in [3.63, 3.8) is 0 Å². The number of hydrogen-bond acceptors (Lipinski definition) is 9. The van der Waals surface area contributed by atoms with Crippen LogP contribution in [0.4, 0.5) is 18.9 Å². The molecule has 1 amide bonds. The molecule has 3 N–H and O–H groups in total. The molecule has 14 heteroatoms. The number of alkyl halides is 3. The van der Waals surface area contributed by atoms with Crippen molar-refractivity contribution >= 4 is 34.0 Å². The van der Waals surface area contributed by atoms with E-state index in [4.69, 9.17) is 15.5 Å². The number of hydrazine groups is 1. The van der Waals surface area contributed by atoms with Gasteiger partial charge < -0.3 is 19.9 Å². The molecule has 308 valence electrons. The van der Waals surface area contributed by atoms with Gasteiger partial charge >= 0.3 is 12.1 Å². The molecule has 1 saturated carbocycles. The van der Waals surface area contributed by atoms with E-state index in [2.05, 4.69) is 32.3 Å². The molecule has 6 heterocycles. The van der Waals surface area contributed by atoms with Crippen molar-refractivity contribution in [3.05, 3.63) is 53.4 Å². The summed E-state index contributed by atoms with van der Waals surface area (Å²) in [7, 11) is 0. The van der Waals surface area contributed by atoms with E-state index in [0.29, 0.717) is 61.7 Å². The molecular weight excluding hydrogens is 734 g/mol. The minimum Gasteiger partial charge on any atom is -0.464 e. The number of carbonyl (C=O) groups is 2. The number of benzene rings is 1. The predicted molar refractivity (Wildman–Crippen MR) is 215 cm³/mol. The van der Waals surface area contributed by atoms with Crippen LogP contribution >= 0.6 is 0 Å². The highest BCUT2D eigenvalue weighted by Crippen LogP contribution is 2.44. The Labute approximate surface area is 333 Å². The number of carbonyl (C=O) groups excluding carboxylic acids is 2. The van der Waals surface area contributed by atoms with Gasteiger partial charge in [-0.15, -0.1) is 0 Å². The topological polar surface area (TPSA) is 112 Å². The molecule has 0 spiro atoms. The van der Waals surface area contributed by atoms with Gasteiger partial charge in [0, 0.05) is 80.3 Å². The number of rotatable bonds is 5. The zero-order valence-corrected chi connectivity index (χ0v) is 33.7. The van der Waals surface area contributed by atoms with E-state index in [1.807, 2.05) is 52.1 Å². The van der Waals surface area contributed by atoms with E-state index in [1.165, 1.54) is 22.4 Å². The zero-order chi connectivity index (χ0) is 40.2. The van der Waals surface area contributed by atoms with E-state index >= 15 is 0 Å². The first-order valence-corrected chi connectivity index (χ1v) is 20.8. The third kappa shape index (κ3) is 8.60. The van der Waals surface area contributed by atoms with Gasteiger partial charge in [0.05, 0.1) is 35.9 Å². The summed E-state index contributed by atoms with van der Waals surface area (Å²) in [6.45, 7) is 12.5. The summed E-state index contributed by atoms with van der Waals surface area (Å²) >= 11 is 0. The van der Waals surface area contributed by atoms with Crippen LogP contribution in [-0.2, 0) is 27.3 Å². The Bertz CT molecular complexity index is 2030. The van der Waals surface area contributed by atoms with Gasteiger partial charge in [-0.1, -0.05) is 39.8 Å². The second-order valence-corrected chi connectivity index (χ2v) is 17.9. The Morgan fingerprint density at radius 3 is 2.53 bits per heavy atom. The maximum absolute atomic E-state index is 14.8. The number of amides is 1. The van der Waals surface area contributed by atoms with Crippen molar-refractivity contribution in [1.82, 2.24) is 29.8 Å². The highest BCUT2D eigenvalue weighted by atomic mass is 19.4. The van der Waals surface area contributed by atoms with Crippen LogP contribution < -0.4 is 16.1 Å². The lowest BCUT2D eigenvalue weighted by Gasteiger charge is -2.36. The van der Waals surface area contributed by atoms with Crippen molar-refractivity contribution in [2.45, 2.75) is 103 Å². The molecule has 0 radical (unpaired) electrons. The van der Waals surface area contributed by atoms with Gasteiger partial charge in [-0.2, -0.15) is 13.2 Å². The van der Waals surface area contributed by atoms with E-state index in [9.17, 15) is 22.8 Å². The predicted octanol–water partition coefficient (Wildman–Crippen LogP) is 5.71. The number of halogens is 3. The number of anilines is 1. The van der Waals surface area contributed by atoms with Crippen molar-refractivity contribution < 1.29 is 27.5 Å². The third-order valence-corrected chi connectivity index (χ3v) is 12.3. The molecule has 3 aromatic rings. The highest BCUT2D eigenvalue weighted by molar-refractivity contribution is 5.95. The maximum atomic E-state index is 14.8. The number of nitrogens with zero attached hydrogens (tertiary/aromatic N) is 6. The summed E-state index contributed by atoms with van der Waals surface area (Å²) in [4.78, 5) is 39.1. The van der Waals surface area contributed by atoms with E-state index < -0.39 is 36.2 Å². The molecule has 5 aliphatic rings. The first-order valence-electron chi connectivity index (χ1n) is 20.8. The van der Waals surface area contributed by atoms with Crippen molar-refractivity contribution in [2.75, 3.05) is 63.9 Å². The normalized spacial score (nSPS) is 25.4. The van der Waals surface area contributed by atoms with Gasteiger partial charge in [0.15, 0.2) is 0 Å². The van der Waals surface area contributed by atoms with Gasteiger partial charge in [0.25, 0.3) is 5.91 Å². The molecule has 8 rings (SSSR count). The van der Waals surface area contributed by atoms with E-state index in [1.54, 1.807) is 0 Å². The molecule has 4 aliphatic heterocycles. The number of esters is 1. The average molecular weight is 791 g/mol. The SMILES string of the molecule is CC(C)c1ncc(N2CCN(C3CC3)CC2)cc1-c1c2c3cc(ccc3n1CC(F)(F)F)C1=CCCN(C1)C[C@H](N)C(=O)N1CCC[C@H](N1)C(=O)OCC(C)(C)C2. The lowest BCUT2D eigenvalue weighted by molar-refractivity contribution is -0.155. The minimum atomic E-state index is -4.50. The number of piperazine rings is 1. The van der Waals surface area contributed by atoms with Crippen molar-refractivity contribution in [1.29, 1.82) is 0 Å². The van der Waals surface area contributed by atoms with Crippen molar-refractivity contribution in [2.24, 2.45) is 11.1 Å². The number of fused-ring (bicyclic) bond motifs is 6. The first kappa shape index (κ1) is 39.8. The summed E-state index contributed by atoms with van der Waals surface area (Å²) in [5.74, 6) is -0.799. The monoisotopic (exact) mass is 790 g/mol. The maximum Gasteiger partial charge on any atom is 0.406 e. The van der Waals surface area contributed by atoms with E-state index in [0.717, 1.165) is 72.6 Å². The summed E-state index contributed by atoms with van der Waals surface area (Å²) < 4.78 is 51.9. The van der Waals surface area contributed by atoms with Gasteiger partial charge in [-0.25, -0.2) is 5.43 Å². The molecule has 1 aliphatic carbocycles. The summed E-state index contributed by atoms with van der Waals surface area (Å²) in [5.41, 5.74) is 15.0. The number of aromatic nitrogens is 2. The Morgan fingerprint density at radius 1 is 1.04 bits per heavy atom. The van der Waals surface area contributed by atoms with E-state index in [-0.39, 0.29) is 18.4 Å². The average Bonchev–Trinajstić information content (AvgIpc) is 4.00. The quantitative estimate of drug-likeness (QED) is 0.314. The Morgan fingerprint density at radius 2 is 1.81 bits per heavy atom. The Hall–Kier alpha value is -3.98. The number of ether oxygens (including phenoxy) is 1. The molecule has 11 nitrogen and oxygen atoms in total. The third-order valence-electron chi connectivity index (χ3n) is 12.3.